The zero-order valence-corrected chi connectivity index (χ0v) is 16.9. The molecule has 1 heterocycles. The third-order valence-corrected chi connectivity index (χ3v) is 4.46. The number of rotatable bonds is 6. The molecule has 1 aliphatic rings. The number of esters is 1. The number of amides is 1. The molecule has 2 rings (SSSR count). The molecule has 152 valence electrons. The molecule has 0 aromatic heterocycles. The molecule has 1 aliphatic heterocycles. The van der Waals surface area contributed by atoms with Crippen LogP contribution in [-0.2, 0) is 20.7 Å². The second-order valence-corrected chi connectivity index (χ2v) is 7.86. The molecular formula is C21H28N2O5. The summed E-state index contributed by atoms with van der Waals surface area (Å²) in [4.78, 5) is 29.5. The van der Waals surface area contributed by atoms with Gasteiger partial charge in [0.25, 0.3) is 0 Å². The van der Waals surface area contributed by atoms with Gasteiger partial charge in [-0.05, 0) is 50.8 Å². The van der Waals surface area contributed by atoms with Crippen LogP contribution in [0.5, 0.6) is 5.75 Å². The highest BCUT2D eigenvalue weighted by molar-refractivity contribution is 5.76. The van der Waals surface area contributed by atoms with E-state index in [1.54, 1.807) is 4.90 Å². The van der Waals surface area contributed by atoms with E-state index in [-0.39, 0.29) is 18.4 Å². The fraction of sp³-hybridized carbons (Fsp3) is 0.571. The van der Waals surface area contributed by atoms with E-state index in [1.807, 2.05) is 45.0 Å². The second-order valence-electron chi connectivity index (χ2n) is 7.86. The molecular weight excluding hydrogens is 360 g/mol. The minimum atomic E-state index is -0.590. The van der Waals surface area contributed by atoms with Gasteiger partial charge in [-0.1, -0.05) is 12.1 Å². The van der Waals surface area contributed by atoms with Crippen LogP contribution in [0, 0.1) is 18.4 Å². The molecule has 1 aromatic carbocycles. The Morgan fingerprint density at radius 1 is 1.29 bits per heavy atom. The number of ether oxygens (including phenoxy) is 3. The Bertz CT molecular complexity index is 735. The predicted molar refractivity (Wildman–Crippen MR) is 104 cm³/mol. The minimum Gasteiger partial charge on any atom is -0.486 e. The van der Waals surface area contributed by atoms with Crippen LogP contribution in [-0.4, -0.2) is 55.9 Å². The number of likely N-dealkylation sites (tertiary alicyclic amines) is 1. The molecule has 0 bridgehead atoms. The summed E-state index contributed by atoms with van der Waals surface area (Å²) in [5.74, 6) is -0.0963. The highest BCUT2D eigenvalue weighted by Crippen LogP contribution is 2.30. The number of benzene rings is 1. The highest BCUT2D eigenvalue weighted by Gasteiger charge is 2.41. The normalized spacial score (nSPS) is 19.0. The first kappa shape index (κ1) is 21.5. The van der Waals surface area contributed by atoms with E-state index in [0.29, 0.717) is 31.9 Å². The van der Waals surface area contributed by atoms with Gasteiger partial charge in [-0.3, -0.25) is 4.79 Å². The van der Waals surface area contributed by atoms with Crippen LogP contribution in [0.3, 0.4) is 0 Å². The molecule has 0 radical (unpaired) electrons. The van der Waals surface area contributed by atoms with Crippen LogP contribution >= 0.6 is 0 Å². The van der Waals surface area contributed by atoms with Gasteiger partial charge in [0.2, 0.25) is 6.54 Å². The zero-order valence-electron chi connectivity index (χ0n) is 16.9. The minimum absolute atomic E-state index is 0.0709. The van der Waals surface area contributed by atoms with Gasteiger partial charge in [-0.25, -0.2) is 11.4 Å². The molecule has 0 saturated carbocycles. The molecule has 1 saturated heterocycles. The molecule has 7 nitrogen and oxygen atoms in total. The Hall–Kier alpha value is -2.75. The number of carbonyl (C=O) groups excluding carboxylic acids is 2. The van der Waals surface area contributed by atoms with Crippen molar-refractivity contribution in [2.45, 2.75) is 32.8 Å². The largest absolute Gasteiger partial charge is 0.486 e. The molecule has 2 atom stereocenters. The summed E-state index contributed by atoms with van der Waals surface area (Å²) in [6.07, 6.45) is 0.194. The summed E-state index contributed by atoms with van der Waals surface area (Å²) in [6, 6.07) is 7.60. The van der Waals surface area contributed by atoms with E-state index in [9.17, 15) is 9.59 Å². The van der Waals surface area contributed by atoms with Gasteiger partial charge in [0.1, 0.15) is 11.4 Å². The van der Waals surface area contributed by atoms with Crippen LogP contribution in [0.15, 0.2) is 24.3 Å². The Kier molecular flexibility index (Phi) is 7.27. The molecule has 7 heteroatoms. The predicted octanol–water partition coefficient (Wildman–Crippen LogP) is 3.18. The lowest BCUT2D eigenvalue weighted by Crippen LogP contribution is -2.36. The number of carbonyl (C=O) groups is 2. The molecule has 1 amide bonds. The van der Waals surface area contributed by atoms with Gasteiger partial charge >= 0.3 is 12.1 Å². The number of methoxy groups -OCH3 is 1. The molecule has 28 heavy (non-hydrogen) atoms. The first-order valence-corrected chi connectivity index (χ1v) is 9.34. The smallest absolute Gasteiger partial charge is 0.410 e. The monoisotopic (exact) mass is 388 g/mol. The Morgan fingerprint density at radius 2 is 2.04 bits per heavy atom. The van der Waals surface area contributed by atoms with Crippen molar-refractivity contribution in [3.05, 3.63) is 41.2 Å². The van der Waals surface area contributed by atoms with Gasteiger partial charge in [-0.15, -0.1) is 0 Å². The Balaban J connectivity index is 2.09. The van der Waals surface area contributed by atoms with Gasteiger partial charge in [-0.2, -0.15) is 0 Å². The lowest BCUT2D eigenvalue weighted by Gasteiger charge is -2.24. The summed E-state index contributed by atoms with van der Waals surface area (Å²) in [6.45, 7) is 13.6. The van der Waals surface area contributed by atoms with E-state index < -0.39 is 17.6 Å². The highest BCUT2D eigenvalue weighted by atomic mass is 16.6. The van der Waals surface area contributed by atoms with Gasteiger partial charge in [0.15, 0.2) is 6.61 Å². The van der Waals surface area contributed by atoms with Gasteiger partial charge in [0, 0.05) is 13.1 Å². The Morgan fingerprint density at radius 3 is 2.68 bits per heavy atom. The zero-order chi connectivity index (χ0) is 20.7. The maximum Gasteiger partial charge on any atom is 0.410 e. The fourth-order valence-corrected chi connectivity index (χ4v) is 3.25. The number of hydrogen-bond donors (Lipinski definition) is 0. The second kappa shape index (κ2) is 9.45. The van der Waals surface area contributed by atoms with E-state index in [2.05, 4.69) is 4.85 Å². The first-order valence-electron chi connectivity index (χ1n) is 9.34. The van der Waals surface area contributed by atoms with Gasteiger partial charge in [0.05, 0.1) is 13.0 Å². The summed E-state index contributed by atoms with van der Waals surface area (Å²) >= 11 is 0. The van der Waals surface area contributed by atoms with E-state index in [0.717, 1.165) is 5.56 Å². The maximum atomic E-state index is 12.4. The fourth-order valence-electron chi connectivity index (χ4n) is 3.25. The lowest BCUT2D eigenvalue weighted by molar-refractivity contribution is -0.146. The third kappa shape index (κ3) is 6.15. The van der Waals surface area contributed by atoms with Crippen molar-refractivity contribution in [2.24, 2.45) is 11.8 Å². The topological polar surface area (TPSA) is 69.4 Å². The van der Waals surface area contributed by atoms with Crippen LogP contribution in [0.2, 0.25) is 0 Å². The number of hydrogen-bond acceptors (Lipinski definition) is 5. The summed E-state index contributed by atoms with van der Waals surface area (Å²) in [7, 11) is 1.36. The van der Waals surface area contributed by atoms with E-state index in [1.165, 1.54) is 7.11 Å². The summed E-state index contributed by atoms with van der Waals surface area (Å²) in [5, 5.41) is 0. The van der Waals surface area contributed by atoms with Crippen LogP contribution in [0.1, 0.15) is 26.3 Å². The Labute approximate surface area is 166 Å². The van der Waals surface area contributed by atoms with E-state index in [4.69, 9.17) is 20.8 Å². The van der Waals surface area contributed by atoms with Crippen LogP contribution < -0.4 is 4.74 Å². The first-order chi connectivity index (χ1) is 13.2. The molecule has 1 unspecified atom stereocenters. The SMILES string of the molecule is [C-]#[N+]CCOc1cccc(C[C@@H]2CN(C(=O)OC(C)(C)C)CC2C(=O)OC)c1. The average molecular weight is 388 g/mol. The maximum absolute atomic E-state index is 12.4. The molecule has 0 N–H and O–H groups in total. The van der Waals surface area contributed by atoms with Crippen LogP contribution in [0.4, 0.5) is 4.79 Å². The number of nitrogens with zero attached hydrogens (tertiary/aromatic N) is 2. The summed E-state index contributed by atoms with van der Waals surface area (Å²) in [5.41, 5.74) is 0.415. The molecule has 1 fully saturated rings. The van der Waals surface area contributed by atoms with Crippen molar-refractivity contribution in [1.82, 2.24) is 4.90 Å². The lowest BCUT2D eigenvalue weighted by atomic mass is 9.89. The van der Waals surface area contributed by atoms with Crippen LogP contribution in [0.25, 0.3) is 4.85 Å². The van der Waals surface area contributed by atoms with Crippen molar-refractivity contribution in [2.75, 3.05) is 33.4 Å². The van der Waals surface area contributed by atoms with Crippen molar-refractivity contribution in [3.63, 3.8) is 0 Å². The van der Waals surface area contributed by atoms with Crippen molar-refractivity contribution >= 4 is 12.1 Å². The molecule has 1 aromatic rings. The van der Waals surface area contributed by atoms with Crippen molar-refractivity contribution in [1.29, 1.82) is 0 Å². The van der Waals surface area contributed by atoms with Crippen molar-refractivity contribution < 1.29 is 23.8 Å². The molecule has 0 spiro atoms. The average Bonchev–Trinajstić information content (AvgIpc) is 3.04. The van der Waals surface area contributed by atoms with Crippen molar-refractivity contribution in [3.8, 4) is 5.75 Å². The van der Waals surface area contributed by atoms with Gasteiger partial charge < -0.3 is 24.0 Å². The molecule has 0 aliphatic carbocycles. The van der Waals surface area contributed by atoms with E-state index >= 15 is 0 Å². The summed E-state index contributed by atoms with van der Waals surface area (Å²) < 4.78 is 16.0. The quantitative estimate of drug-likeness (QED) is 0.425. The third-order valence-electron chi connectivity index (χ3n) is 4.46. The standard InChI is InChI=1S/C21H28N2O5/c1-21(2,3)28-20(25)23-13-16(18(14-23)19(24)26-5)11-15-7-6-8-17(12-15)27-10-9-22-4/h6-8,12,16,18H,9-11,13-14H2,1-3,5H3/t16-,18?/m1/s1.